The first-order valence-electron chi connectivity index (χ1n) is 7.48. The van der Waals surface area contributed by atoms with Gasteiger partial charge >= 0.3 is 21.1 Å². The van der Waals surface area contributed by atoms with Crippen LogP contribution in [0.1, 0.15) is 6.23 Å². The number of hydrogen-bond donors (Lipinski definition) is 5. The lowest BCUT2D eigenvalue weighted by molar-refractivity contribution is -0.426. The maximum absolute atomic E-state index is 11.8. The van der Waals surface area contributed by atoms with Crippen molar-refractivity contribution in [2.45, 2.75) is 24.5 Å². The van der Waals surface area contributed by atoms with Crippen molar-refractivity contribution in [2.24, 2.45) is 0 Å². The maximum atomic E-state index is 11.8. The zero-order chi connectivity index (χ0) is 22.2. The zero-order valence-electron chi connectivity index (χ0n) is 14.2. The SMILES string of the molecule is Nc1ccn([C@@H]2O[C@H](COP(=O)(O)OP(=O)(O)C[P+]([O-])([O-])[O-])[C@@H](O)[C@@H]2O)c(=O)n1. The van der Waals surface area contributed by atoms with Crippen molar-refractivity contribution >= 4 is 29.2 Å². The predicted molar refractivity (Wildman–Crippen MR) is 87.3 cm³/mol. The van der Waals surface area contributed by atoms with E-state index in [0.717, 1.165) is 10.8 Å². The smallest absolute Gasteiger partial charge is 0.479 e. The molecule has 1 aromatic rings. The minimum absolute atomic E-state index is 0.119. The Kier molecular flexibility index (Phi) is 7.36. The number of hydrogen-bond acceptors (Lipinski definition) is 13. The molecule has 0 aliphatic carbocycles. The average molecular weight is 479 g/mol. The van der Waals surface area contributed by atoms with Crippen LogP contribution in [0.4, 0.5) is 5.82 Å². The van der Waals surface area contributed by atoms with Gasteiger partial charge in [0.25, 0.3) is 0 Å². The van der Waals surface area contributed by atoms with Gasteiger partial charge in [0, 0.05) is 6.20 Å². The normalized spacial score (nSPS) is 29.3. The third-order valence-corrected chi connectivity index (χ3v) is 8.58. The molecule has 19 heteroatoms. The van der Waals surface area contributed by atoms with E-state index in [9.17, 15) is 48.6 Å². The lowest BCUT2D eigenvalue weighted by atomic mass is 10.1. The number of rotatable bonds is 8. The Morgan fingerprint density at radius 3 is 2.45 bits per heavy atom. The Bertz CT molecular complexity index is 888. The van der Waals surface area contributed by atoms with E-state index in [1.165, 1.54) is 6.07 Å². The van der Waals surface area contributed by atoms with Crippen molar-refractivity contribution in [3.8, 4) is 0 Å². The minimum atomic E-state index is -5.55. The van der Waals surface area contributed by atoms with Gasteiger partial charge in [0.1, 0.15) is 30.0 Å². The fourth-order valence-corrected chi connectivity index (χ4v) is 6.55. The molecule has 1 saturated heterocycles. The van der Waals surface area contributed by atoms with Gasteiger partial charge in [-0.05, 0) is 6.07 Å². The summed E-state index contributed by atoms with van der Waals surface area (Å²) in [5.74, 6) is -2.07. The summed E-state index contributed by atoms with van der Waals surface area (Å²) in [5.41, 5.74) is 4.40. The van der Waals surface area contributed by atoms with E-state index in [1.54, 1.807) is 0 Å². The molecular formula is C10H16N3O13P3-2. The summed E-state index contributed by atoms with van der Waals surface area (Å²) >= 11 is 0. The number of phosphoric acid groups is 1. The van der Waals surface area contributed by atoms with Gasteiger partial charge in [0.05, 0.1) is 6.61 Å². The second-order valence-electron chi connectivity index (χ2n) is 5.82. The van der Waals surface area contributed by atoms with Crippen LogP contribution in [0.25, 0.3) is 0 Å². The van der Waals surface area contributed by atoms with E-state index < -0.39 is 66.1 Å². The fraction of sp³-hybridized carbons (Fsp3) is 0.600. The van der Waals surface area contributed by atoms with Crippen LogP contribution in [-0.2, 0) is 22.7 Å². The Balaban J connectivity index is 2.04. The van der Waals surface area contributed by atoms with Crippen molar-refractivity contribution in [1.82, 2.24) is 9.55 Å². The van der Waals surface area contributed by atoms with Crippen LogP contribution >= 0.6 is 23.4 Å². The molecule has 1 aliphatic heterocycles. The molecule has 6 N–H and O–H groups in total. The molecule has 0 radical (unpaired) electrons. The third kappa shape index (κ3) is 6.84. The van der Waals surface area contributed by atoms with Crippen LogP contribution in [0.5, 0.6) is 0 Å². The molecule has 6 atom stereocenters. The highest BCUT2D eigenvalue weighted by atomic mass is 31.3. The number of nitrogen functional groups attached to an aromatic ring is 1. The standard InChI is InChI=1S/C10H18N3O13P3/c11-6-1-2-13(10(16)12-6)9-8(15)7(14)5(25-9)3-24-29(22,23)26-28(20,21)4-27(17,18)19/h1-2,5,7-9,14-15H,3-4H2,(H,20,21)(H,22,23)(H2,11,12,16)(H2,17,18,19)/p-2/t5-,7-,8+,9-/m1/s1. The second kappa shape index (κ2) is 8.73. The van der Waals surface area contributed by atoms with E-state index in [0.29, 0.717) is 0 Å². The first-order chi connectivity index (χ1) is 13.1. The molecule has 2 unspecified atom stereocenters. The molecule has 2 heterocycles. The molecule has 29 heavy (non-hydrogen) atoms. The van der Waals surface area contributed by atoms with Crippen molar-refractivity contribution in [2.75, 3.05) is 18.2 Å². The Morgan fingerprint density at radius 1 is 1.28 bits per heavy atom. The van der Waals surface area contributed by atoms with Gasteiger partial charge in [0.2, 0.25) is 0 Å². The summed E-state index contributed by atoms with van der Waals surface area (Å²) < 4.78 is 37.3. The predicted octanol–water partition coefficient (Wildman–Crippen LogP) is -4.44. The van der Waals surface area contributed by atoms with E-state index in [1.807, 2.05) is 0 Å². The summed E-state index contributed by atoms with van der Waals surface area (Å²) in [5, 5.41) is 20.0. The molecule has 0 aromatic carbocycles. The van der Waals surface area contributed by atoms with Crippen molar-refractivity contribution in [3.63, 3.8) is 0 Å². The zero-order valence-corrected chi connectivity index (χ0v) is 16.8. The number of ether oxygens (including phenoxy) is 1. The van der Waals surface area contributed by atoms with E-state index in [-0.39, 0.29) is 5.82 Å². The van der Waals surface area contributed by atoms with Crippen LogP contribution in [0.15, 0.2) is 17.1 Å². The molecular weight excluding hydrogens is 463 g/mol. The van der Waals surface area contributed by atoms with Gasteiger partial charge < -0.3 is 45.2 Å². The number of phosphoric ester groups is 1. The average Bonchev–Trinajstić information content (AvgIpc) is 2.78. The van der Waals surface area contributed by atoms with E-state index in [2.05, 4.69) is 13.8 Å². The molecule has 16 nitrogen and oxygen atoms in total. The van der Waals surface area contributed by atoms with Crippen LogP contribution in [0.2, 0.25) is 0 Å². The van der Waals surface area contributed by atoms with E-state index >= 15 is 0 Å². The molecule has 0 saturated carbocycles. The molecule has 0 amide bonds. The summed E-state index contributed by atoms with van der Waals surface area (Å²) in [6, 6.07) is 1.20. The lowest BCUT2D eigenvalue weighted by Crippen LogP contribution is -2.36. The topological polar surface area (TPSA) is 273 Å². The molecule has 166 valence electrons. The summed E-state index contributed by atoms with van der Waals surface area (Å²) in [7, 11) is -16.3. The van der Waals surface area contributed by atoms with Crippen molar-refractivity contribution in [3.05, 3.63) is 22.7 Å². The Morgan fingerprint density at radius 2 is 1.90 bits per heavy atom. The number of aliphatic hydroxyl groups excluding tert-OH is 2. The monoisotopic (exact) mass is 479 g/mol. The number of anilines is 1. The highest BCUT2D eigenvalue weighted by Crippen LogP contribution is 2.64. The van der Waals surface area contributed by atoms with E-state index in [4.69, 9.17) is 10.5 Å². The molecule has 2 rings (SSSR count). The van der Waals surface area contributed by atoms with Crippen molar-refractivity contribution in [1.29, 1.82) is 0 Å². The fourth-order valence-electron chi connectivity index (χ4n) is 2.31. The summed E-state index contributed by atoms with van der Waals surface area (Å²) in [4.78, 5) is 65.4. The highest BCUT2D eigenvalue weighted by molar-refractivity contribution is 7.74. The number of nitrogens with zero attached hydrogens (tertiary/aromatic N) is 2. The van der Waals surface area contributed by atoms with Gasteiger partial charge in [-0.1, -0.05) is 0 Å². The van der Waals surface area contributed by atoms with Gasteiger partial charge in [-0.2, -0.15) is 12.9 Å². The Labute approximate surface area is 162 Å². The molecule has 1 aromatic heterocycles. The summed E-state index contributed by atoms with van der Waals surface area (Å²) in [6.07, 6.45) is -5.34. The number of aromatic nitrogens is 2. The highest BCUT2D eigenvalue weighted by Gasteiger charge is 2.46. The number of aliphatic hydroxyl groups is 2. The van der Waals surface area contributed by atoms with Gasteiger partial charge in [-0.3, -0.25) is 13.7 Å². The van der Waals surface area contributed by atoms with Crippen LogP contribution in [0.3, 0.4) is 0 Å². The largest absolute Gasteiger partial charge is 0.687 e. The molecule has 0 spiro atoms. The Hall–Kier alpha value is -0.830. The quantitative estimate of drug-likeness (QED) is 0.220. The maximum Gasteiger partial charge on any atom is 0.479 e. The van der Waals surface area contributed by atoms with Gasteiger partial charge in [0.15, 0.2) is 6.23 Å². The third-order valence-electron chi connectivity index (χ3n) is 3.45. The first-order valence-corrected chi connectivity index (χ1v) is 12.5. The van der Waals surface area contributed by atoms with Crippen molar-refractivity contribution < 1.29 is 57.4 Å². The first kappa shape index (κ1) is 24.4. The minimum Gasteiger partial charge on any atom is -0.687 e. The van der Waals surface area contributed by atoms with Crippen LogP contribution in [-0.4, -0.2) is 60.4 Å². The lowest BCUT2D eigenvalue weighted by Gasteiger charge is -2.42. The molecule has 1 fully saturated rings. The van der Waals surface area contributed by atoms with Gasteiger partial charge in [-0.25, -0.2) is 13.7 Å². The van der Waals surface area contributed by atoms with Gasteiger partial charge in [-0.15, -0.1) is 0 Å². The summed E-state index contributed by atoms with van der Waals surface area (Å²) in [6.45, 7) is -0.994. The van der Waals surface area contributed by atoms with Crippen LogP contribution < -0.4 is 26.1 Å². The molecule has 0 bridgehead atoms. The van der Waals surface area contributed by atoms with Crippen LogP contribution in [0, 0.1) is 0 Å². The number of nitrogens with two attached hydrogens (primary N) is 1. The molecule has 1 aliphatic rings. The second-order valence-corrected chi connectivity index (χ2v) is 11.3.